The second-order valence-corrected chi connectivity index (χ2v) is 6.50. The lowest BCUT2D eigenvalue weighted by Crippen LogP contribution is -2.50. The number of thioether (sulfide) groups is 1. The minimum Gasteiger partial charge on any atom is -0.481 e. The highest BCUT2D eigenvalue weighted by Gasteiger charge is 2.38. The van der Waals surface area contributed by atoms with E-state index in [1.54, 1.807) is 31.6 Å². The van der Waals surface area contributed by atoms with Crippen molar-refractivity contribution < 1.29 is 24.8 Å². The van der Waals surface area contributed by atoms with Crippen LogP contribution in [0.1, 0.15) is 0 Å². The Labute approximate surface area is 143 Å². The molecule has 24 heavy (non-hydrogen) atoms. The molecule has 8 heteroatoms. The highest BCUT2D eigenvalue weighted by molar-refractivity contribution is 7.99. The van der Waals surface area contributed by atoms with Crippen molar-refractivity contribution >= 4 is 11.8 Å². The molecule has 0 aromatic carbocycles. The van der Waals surface area contributed by atoms with E-state index in [2.05, 4.69) is 9.97 Å². The zero-order valence-corrected chi connectivity index (χ0v) is 13.8. The fourth-order valence-corrected chi connectivity index (χ4v) is 3.45. The average molecular weight is 350 g/mol. The zero-order valence-electron chi connectivity index (χ0n) is 12.9. The number of aliphatic hydroxyl groups is 3. The van der Waals surface area contributed by atoms with E-state index in [0.717, 1.165) is 11.1 Å². The van der Waals surface area contributed by atoms with Gasteiger partial charge in [-0.25, -0.2) is 4.98 Å². The van der Waals surface area contributed by atoms with E-state index in [0.29, 0.717) is 17.4 Å². The third-order valence-electron chi connectivity index (χ3n) is 3.70. The van der Waals surface area contributed by atoms with Crippen LogP contribution in [0.25, 0.3) is 11.1 Å². The van der Waals surface area contributed by atoms with Crippen LogP contribution >= 0.6 is 11.8 Å². The molecule has 1 aliphatic heterocycles. The molecule has 0 radical (unpaired) electrons. The van der Waals surface area contributed by atoms with Gasteiger partial charge in [-0.05, 0) is 12.1 Å². The van der Waals surface area contributed by atoms with Crippen molar-refractivity contribution in [1.82, 2.24) is 9.97 Å². The van der Waals surface area contributed by atoms with E-state index >= 15 is 0 Å². The van der Waals surface area contributed by atoms with Crippen LogP contribution < -0.4 is 9.47 Å². The summed E-state index contributed by atoms with van der Waals surface area (Å²) in [5.41, 5.74) is 0.981. The minimum absolute atomic E-state index is 0.290. The van der Waals surface area contributed by atoms with Gasteiger partial charge in [0, 0.05) is 35.3 Å². The number of nitrogens with zero attached hydrogens (tertiary/aromatic N) is 2. The second kappa shape index (κ2) is 7.35. The first-order valence-corrected chi connectivity index (χ1v) is 8.41. The van der Waals surface area contributed by atoms with Crippen LogP contribution in [0.4, 0.5) is 0 Å². The van der Waals surface area contributed by atoms with Gasteiger partial charge >= 0.3 is 0 Å². The van der Waals surface area contributed by atoms with Crippen molar-refractivity contribution in [2.45, 2.75) is 23.7 Å². The van der Waals surface area contributed by atoms with Gasteiger partial charge in [-0.2, -0.15) is 0 Å². The Kier molecular flexibility index (Phi) is 5.20. The molecule has 0 spiro atoms. The number of hydrogen-bond donors (Lipinski definition) is 3. The molecule has 0 unspecified atom stereocenters. The van der Waals surface area contributed by atoms with Gasteiger partial charge in [-0.15, -0.1) is 11.8 Å². The van der Waals surface area contributed by atoms with Crippen molar-refractivity contribution in [2.75, 3.05) is 12.9 Å². The molecule has 3 rings (SSSR count). The van der Waals surface area contributed by atoms with Crippen LogP contribution in [-0.2, 0) is 0 Å². The molecule has 128 valence electrons. The Bertz CT molecular complexity index is 684. The lowest BCUT2D eigenvalue weighted by atomic mass is 10.1. The third kappa shape index (κ3) is 3.62. The molecule has 2 aromatic heterocycles. The molecule has 2 aromatic rings. The van der Waals surface area contributed by atoms with E-state index in [-0.39, 0.29) is 0 Å². The van der Waals surface area contributed by atoms with Crippen LogP contribution in [0.3, 0.4) is 0 Å². The summed E-state index contributed by atoms with van der Waals surface area (Å²) in [5, 5.41) is 29.3. The summed E-state index contributed by atoms with van der Waals surface area (Å²) in [5.74, 6) is 1.27. The lowest BCUT2D eigenvalue weighted by molar-refractivity contribution is -0.0786. The highest BCUT2D eigenvalue weighted by Crippen LogP contribution is 2.30. The quantitative estimate of drug-likeness (QED) is 0.740. The Morgan fingerprint density at radius 2 is 1.92 bits per heavy atom. The lowest BCUT2D eigenvalue weighted by Gasteiger charge is -2.34. The largest absolute Gasteiger partial charge is 0.481 e. The van der Waals surface area contributed by atoms with Gasteiger partial charge in [0.05, 0.1) is 19.4 Å². The molecule has 0 saturated carbocycles. The van der Waals surface area contributed by atoms with Gasteiger partial charge in [-0.3, -0.25) is 4.98 Å². The van der Waals surface area contributed by atoms with Crippen molar-refractivity contribution in [1.29, 1.82) is 0 Å². The Balaban J connectivity index is 1.75. The molecular weight excluding hydrogens is 332 g/mol. The highest BCUT2D eigenvalue weighted by atomic mass is 32.2. The maximum Gasteiger partial charge on any atom is 0.212 e. The van der Waals surface area contributed by atoms with Crippen LogP contribution in [-0.4, -0.2) is 61.9 Å². The van der Waals surface area contributed by atoms with Gasteiger partial charge in [-0.1, -0.05) is 0 Å². The number of hydrogen-bond acceptors (Lipinski definition) is 8. The molecule has 1 saturated heterocycles. The monoisotopic (exact) mass is 350 g/mol. The summed E-state index contributed by atoms with van der Waals surface area (Å²) >= 11 is 1.25. The van der Waals surface area contributed by atoms with E-state index in [1.165, 1.54) is 18.0 Å². The van der Waals surface area contributed by atoms with E-state index in [1.807, 2.05) is 6.07 Å². The van der Waals surface area contributed by atoms with E-state index in [9.17, 15) is 15.3 Å². The standard InChI is InChI=1S/C16H18N2O5S/c1-22-13-3-2-9(6-18-13)10-4-11(7-17-5-10)23-16-15(21)14(20)12(19)8-24-16/h2-7,12,14-16,19-21H,8H2,1H3/t12-,14+,15-,16+/m1/s1. The Hall–Kier alpha value is -1.87. The van der Waals surface area contributed by atoms with Crippen LogP contribution in [0, 0.1) is 0 Å². The Morgan fingerprint density at radius 1 is 1.08 bits per heavy atom. The summed E-state index contributed by atoms with van der Waals surface area (Å²) in [7, 11) is 1.55. The van der Waals surface area contributed by atoms with Crippen LogP contribution in [0.2, 0.25) is 0 Å². The summed E-state index contributed by atoms with van der Waals surface area (Å²) in [4.78, 5) is 8.29. The number of methoxy groups -OCH3 is 1. The van der Waals surface area contributed by atoms with Crippen molar-refractivity contribution in [3.8, 4) is 22.8 Å². The Morgan fingerprint density at radius 3 is 2.62 bits per heavy atom. The van der Waals surface area contributed by atoms with Crippen molar-refractivity contribution in [2.24, 2.45) is 0 Å². The van der Waals surface area contributed by atoms with E-state index < -0.39 is 23.7 Å². The fourth-order valence-electron chi connectivity index (χ4n) is 2.33. The second-order valence-electron chi connectivity index (χ2n) is 5.37. The predicted octanol–water partition coefficient (Wildman–Crippen LogP) is 0.687. The molecule has 3 N–H and O–H groups in total. The topological polar surface area (TPSA) is 105 Å². The SMILES string of the molecule is COc1ccc(-c2cncc(O[C@H]3SC[C@@H](O)[C@H](O)[C@H]3O)c2)cn1. The number of pyridine rings is 2. The molecule has 0 amide bonds. The molecule has 0 aliphatic carbocycles. The van der Waals surface area contributed by atoms with Gasteiger partial charge < -0.3 is 24.8 Å². The summed E-state index contributed by atoms with van der Waals surface area (Å²) in [6, 6.07) is 5.39. The van der Waals surface area contributed by atoms with Crippen LogP contribution in [0.5, 0.6) is 11.6 Å². The van der Waals surface area contributed by atoms with Crippen LogP contribution in [0.15, 0.2) is 36.8 Å². The molecule has 3 heterocycles. The summed E-state index contributed by atoms with van der Waals surface area (Å²) in [6.07, 6.45) is 1.53. The third-order valence-corrected chi connectivity index (χ3v) is 4.94. The first-order chi connectivity index (χ1) is 11.6. The maximum atomic E-state index is 10.0. The van der Waals surface area contributed by atoms with Crippen molar-refractivity contribution in [3.63, 3.8) is 0 Å². The summed E-state index contributed by atoms with van der Waals surface area (Å²) < 4.78 is 10.8. The van der Waals surface area contributed by atoms with Gasteiger partial charge in [0.1, 0.15) is 18.0 Å². The van der Waals surface area contributed by atoms with E-state index in [4.69, 9.17) is 9.47 Å². The normalized spacial score (nSPS) is 26.8. The van der Waals surface area contributed by atoms with Crippen molar-refractivity contribution in [3.05, 3.63) is 36.8 Å². The first kappa shape index (κ1) is 17.0. The zero-order chi connectivity index (χ0) is 17.1. The smallest absolute Gasteiger partial charge is 0.212 e. The molecule has 1 fully saturated rings. The fraction of sp³-hybridized carbons (Fsp3) is 0.375. The predicted molar refractivity (Wildman–Crippen MR) is 88.9 cm³/mol. The number of rotatable bonds is 4. The number of ether oxygens (including phenoxy) is 2. The molecule has 1 aliphatic rings. The maximum absolute atomic E-state index is 10.0. The average Bonchev–Trinajstić information content (AvgIpc) is 2.62. The van der Waals surface area contributed by atoms with Gasteiger partial charge in [0.2, 0.25) is 5.88 Å². The van der Waals surface area contributed by atoms with Gasteiger partial charge in [0.15, 0.2) is 5.44 Å². The summed E-state index contributed by atoms with van der Waals surface area (Å²) in [6.45, 7) is 0. The minimum atomic E-state index is -1.22. The molecule has 7 nitrogen and oxygen atoms in total. The molecule has 4 atom stereocenters. The first-order valence-electron chi connectivity index (χ1n) is 7.36. The molecular formula is C16H18N2O5S. The number of aliphatic hydroxyl groups excluding tert-OH is 3. The number of aromatic nitrogens is 2. The molecule has 0 bridgehead atoms. The van der Waals surface area contributed by atoms with Gasteiger partial charge in [0.25, 0.3) is 0 Å².